The van der Waals surface area contributed by atoms with E-state index in [1.807, 2.05) is 30.9 Å². The van der Waals surface area contributed by atoms with Gasteiger partial charge in [0.05, 0.1) is 17.9 Å². The Labute approximate surface area is 209 Å². The highest BCUT2D eigenvalue weighted by Gasteiger charge is 2.30. The van der Waals surface area contributed by atoms with Crippen molar-refractivity contribution in [2.75, 3.05) is 25.2 Å². The normalized spacial score (nSPS) is 11.4. The van der Waals surface area contributed by atoms with Crippen LogP contribution in [0.3, 0.4) is 0 Å². The minimum Gasteiger partial charge on any atom is -0.426 e. The zero-order valence-corrected chi connectivity index (χ0v) is 20.6. The second-order valence-electron chi connectivity index (χ2n) is 8.25. The molecule has 2 aromatic carbocycles. The summed E-state index contributed by atoms with van der Waals surface area (Å²) in [5, 5.41) is 0. The van der Waals surface area contributed by atoms with Gasteiger partial charge in [-0.05, 0) is 48.2 Å². The summed E-state index contributed by atoms with van der Waals surface area (Å²) in [6, 6.07) is 12.2. The largest absolute Gasteiger partial charge is 0.426 e. The number of esters is 1. The van der Waals surface area contributed by atoms with Gasteiger partial charge in [-0.25, -0.2) is 9.97 Å². The lowest BCUT2D eigenvalue weighted by atomic mass is 10.1. The Balaban J connectivity index is 1.85. The first-order valence-corrected chi connectivity index (χ1v) is 11.8. The third-order valence-electron chi connectivity index (χ3n) is 5.56. The van der Waals surface area contributed by atoms with Gasteiger partial charge in [-0.2, -0.15) is 13.2 Å². The van der Waals surface area contributed by atoms with Crippen LogP contribution in [0.25, 0.3) is 11.3 Å². The molecule has 0 saturated carbocycles. The molecule has 3 aromatic rings. The van der Waals surface area contributed by atoms with E-state index in [1.54, 1.807) is 25.4 Å². The standard InChI is InChI=1S/C27H30F3N3O3/c1-4-6-25(34)36-24-12-7-19(17-20(24)5-2)18-33(15-16-35-3)26-31-14-13-23(32-26)21-8-10-22(11-9-21)27(28,29)30/h7-14,17H,4-6,15-16,18H2,1-3H3. The third-order valence-corrected chi connectivity index (χ3v) is 5.56. The number of methoxy groups -OCH3 is 1. The van der Waals surface area contributed by atoms with Crippen LogP contribution in [0.4, 0.5) is 19.1 Å². The Morgan fingerprint density at radius 3 is 2.44 bits per heavy atom. The number of alkyl halides is 3. The predicted molar refractivity (Wildman–Crippen MR) is 132 cm³/mol. The molecule has 0 aliphatic carbocycles. The molecular weight excluding hydrogens is 471 g/mol. The Morgan fingerprint density at radius 2 is 1.81 bits per heavy atom. The molecule has 6 nitrogen and oxygen atoms in total. The van der Waals surface area contributed by atoms with Crippen LogP contribution in [-0.2, 0) is 28.7 Å². The van der Waals surface area contributed by atoms with Gasteiger partial charge in [-0.3, -0.25) is 4.79 Å². The van der Waals surface area contributed by atoms with Crippen LogP contribution in [-0.4, -0.2) is 36.2 Å². The summed E-state index contributed by atoms with van der Waals surface area (Å²) in [4.78, 5) is 22.9. The van der Waals surface area contributed by atoms with E-state index in [0.29, 0.717) is 55.5 Å². The van der Waals surface area contributed by atoms with Crippen LogP contribution in [0, 0.1) is 0 Å². The zero-order chi connectivity index (χ0) is 26.1. The second-order valence-corrected chi connectivity index (χ2v) is 8.25. The van der Waals surface area contributed by atoms with Crippen molar-refractivity contribution in [1.29, 1.82) is 0 Å². The fourth-order valence-corrected chi connectivity index (χ4v) is 3.65. The average Bonchev–Trinajstić information content (AvgIpc) is 2.87. The second kappa shape index (κ2) is 12.5. The fraction of sp³-hybridized carbons (Fsp3) is 0.370. The van der Waals surface area contributed by atoms with E-state index in [0.717, 1.165) is 29.7 Å². The number of nitrogens with zero attached hydrogens (tertiary/aromatic N) is 3. The average molecular weight is 502 g/mol. The molecule has 0 unspecified atom stereocenters. The number of benzene rings is 2. The monoisotopic (exact) mass is 501 g/mol. The topological polar surface area (TPSA) is 64.5 Å². The molecule has 1 heterocycles. The lowest BCUT2D eigenvalue weighted by molar-refractivity contribution is -0.137. The van der Waals surface area contributed by atoms with Gasteiger partial charge in [-0.1, -0.05) is 38.1 Å². The molecule has 36 heavy (non-hydrogen) atoms. The van der Waals surface area contributed by atoms with Crippen molar-refractivity contribution in [3.8, 4) is 17.0 Å². The molecule has 0 saturated heterocycles. The van der Waals surface area contributed by atoms with Gasteiger partial charge in [-0.15, -0.1) is 0 Å². The molecular formula is C27H30F3N3O3. The highest BCUT2D eigenvalue weighted by atomic mass is 19.4. The molecule has 0 spiro atoms. The maximum absolute atomic E-state index is 12.9. The van der Waals surface area contributed by atoms with Gasteiger partial charge in [0.1, 0.15) is 5.75 Å². The summed E-state index contributed by atoms with van der Waals surface area (Å²) in [6.45, 7) is 5.32. The van der Waals surface area contributed by atoms with E-state index in [1.165, 1.54) is 12.1 Å². The number of aromatic nitrogens is 2. The van der Waals surface area contributed by atoms with Crippen molar-refractivity contribution in [2.24, 2.45) is 0 Å². The molecule has 0 fully saturated rings. The lowest BCUT2D eigenvalue weighted by Crippen LogP contribution is -2.28. The van der Waals surface area contributed by atoms with Crippen LogP contribution in [0.1, 0.15) is 43.4 Å². The van der Waals surface area contributed by atoms with Gasteiger partial charge < -0.3 is 14.4 Å². The molecule has 0 aliphatic heterocycles. The summed E-state index contributed by atoms with van der Waals surface area (Å²) in [6.07, 6.45) is -1.03. The molecule has 0 N–H and O–H groups in total. The first-order valence-electron chi connectivity index (χ1n) is 11.8. The summed E-state index contributed by atoms with van der Waals surface area (Å²) in [5.41, 5.74) is 2.26. The fourth-order valence-electron chi connectivity index (χ4n) is 3.65. The van der Waals surface area contributed by atoms with E-state index in [-0.39, 0.29) is 5.97 Å². The Morgan fingerprint density at radius 1 is 1.06 bits per heavy atom. The third kappa shape index (κ3) is 7.27. The number of hydrogen-bond acceptors (Lipinski definition) is 6. The summed E-state index contributed by atoms with van der Waals surface area (Å²) in [7, 11) is 1.60. The minimum absolute atomic E-state index is 0.254. The van der Waals surface area contributed by atoms with Gasteiger partial charge >= 0.3 is 12.1 Å². The number of aryl methyl sites for hydroxylation is 1. The van der Waals surface area contributed by atoms with Gasteiger partial charge in [0.2, 0.25) is 5.95 Å². The van der Waals surface area contributed by atoms with E-state index in [2.05, 4.69) is 9.97 Å². The minimum atomic E-state index is -4.40. The van der Waals surface area contributed by atoms with Gasteiger partial charge in [0, 0.05) is 38.4 Å². The van der Waals surface area contributed by atoms with E-state index in [9.17, 15) is 18.0 Å². The van der Waals surface area contributed by atoms with Gasteiger partial charge in [0.25, 0.3) is 0 Å². The highest BCUT2D eigenvalue weighted by Crippen LogP contribution is 2.31. The number of rotatable bonds is 11. The number of hydrogen-bond donors (Lipinski definition) is 0. The summed E-state index contributed by atoms with van der Waals surface area (Å²) in [5.74, 6) is 0.736. The molecule has 0 aliphatic rings. The first kappa shape index (κ1) is 27.1. The van der Waals surface area contributed by atoms with Crippen LogP contribution in [0.15, 0.2) is 54.7 Å². The molecule has 0 amide bonds. The molecule has 3 rings (SSSR count). The van der Waals surface area contributed by atoms with Crippen molar-refractivity contribution in [3.05, 3.63) is 71.4 Å². The smallest absolute Gasteiger partial charge is 0.416 e. The first-order chi connectivity index (χ1) is 17.2. The highest BCUT2D eigenvalue weighted by molar-refractivity contribution is 5.72. The van der Waals surface area contributed by atoms with Crippen LogP contribution in [0.5, 0.6) is 5.75 Å². The maximum atomic E-state index is 12.9. The Kier molecular flexibility index (Phi) is 9.41. The lowest BCUT2D eigenvalue weighted by Gasteiger charge is -2.23. The van der Waals surface area contributed by atoms with E-state index in [4.69, 9.17) is 9.47 Å². The molecule has 0 radical (unpaired) electrons. The number of anilines is 1. The quantitative estimate of drug-likeness (QED) is 0.234. The van der Waals surface area contributed by atoms with E-state index >= 15 is 0 Å². The number of halogens is 3. The predicted octanol–water partition coefficient (Wildman–Crippen LogP) is 6.08. The molecule has 0 atom stereocenters. The molecule has 192 valence electrons. The number of ether oxygens (including phenoxy) is 2. The van der Waals surface area contributed by atoms with Crippen LogP contribution < -0.4 is 9.64 Å². The SMILES string of the molecule is CCCC(=O)Oc1ccc(CN(CCOC)c2nccc(-c3ccc(C(F)(F)F)cc3)n2)cc1CC. The van der Waals surface area contributed by atoms with Crippen molar-refractivity contribution in [2.45, 2.75) is 45.8 Å². The number of carbonyl (C=O) groups excluding carboxylic acids is 1. The molecule has 0 bridgehead atoms. The zero-order valence-electron chi connectivity index (χ0n) is 20.6. The summed E-state index contributed by atoms with van der Waals surface area (Å²) >= 11 is 0. The van der Waals surface area contributed by atoms with Gasteiger partial charge in [0.15, 0.2) is 0 Å². The van der Waals surface area contributed by atoms with E-state index < -0.39 is 11.7 Å². The molecule has 9 heteroatoms. The summed E-state index contributed by atoms with van der Waals surface area (Å²) < 4.78 is 49.5. The Hall–Kier alpha value is -3.46. The van der Waals surface area contributed by atoms with Crippen molar-refractivity contribution in [1.82, 2.24) is 9.97 Å². The van der Waals surface area contributed by atoms with Crippen LogP contribution >= 0.6 is 0 Å². The van der Waals surface area contributed by atoms with Crippen molar-refractivity contribution < 1.29 is 27.4 Å². The maximum Gasteiger partial charge on any atom is 0.416 e. The number of carbonyl (C=O) groups is 1. The Bertz CT molecular complexity index is 1150. The van der Waals surface area contributed by atoms with Crippen molar-refractivity contribution >= 4 is 11.9 Å². The van der Waals surface area contributed by atoms with Crippen molar-refractivity contribution in [3.63, 3.8) is 0 Å². The molecule has 1 aromatic heterocycles. The van der Waals surface area contributed by atoms with Crippen LogP contribution in [0.2, 0.25) is 0 Å².